The van der Waals surface area contributed by atoms with Crippen molar-refractivity contribution in [3.63, 3.8) is 0 Å². The molecule has 0 spiro atoms. The first-order valence-electron chi connectivity index (χ1n) is 12.0. The topological polar surface area (TPSA) is 0 Å². The van der Waals surface area contributed by atoms with E-state index in [0.29, 0.717) is 0 Å². The Morgan fingerprint density at radius 2 is 0.757 bits per heavy atom. The number of benzene rings is 4. The van der Waals surface area contributed by atoms with Crippen LogP contribution in [0.1, 0.15) is 22.3 Å². The van der Waals surface area contributed by atoms with Gasteiger partial charge >= 0.3 is 26.2 Å². The van der Waals surface area contributed by atoms with E-state index in [1.165, 1.54) is 66.1 Å². The van der Waals surface area contributed by atoms with Crippen LogP contribution < -0.4 is 24.8 Å². The van der Waals surface area contributed by atoms with Gasteiger partial charge in [0.25, 0.3) is 0 Å². The van der Waals surface area contributed by atoms with E-state index < -0.39 is 0 Å². The normalized spacial score (nSPS) is 10.1. The van der Waals surface area contributed by atoms with Crippen LogP contribution in [0.2, 0.25) is 0 Å². The second-order valence-electron chi connectivity index (χ2n) is 9.17. The molecule has 37 heavy (non-hydrogen) atoms. The van der Waals surface area contributed by atoms with Gasteiger partial charge in [-0.2, -0.15) is 0 Å². The number of hydrogen-bond donors (Lipinski definition) is 0. The fourth-order valence-corrected chi connectivity index (χ4v) is 5.06. The van der Waals surface area contributed by atoms with Crippen molar-refractivity contribution in [1.82, 2.24) is 0 Å². The zero-order valence-corrected chi connectivity index (χ0v) is 25.6. The van der Waals surface area contributed by atoms with Gasteiger partial charge in [0.2, 0.25) is 0 Å². The van der Waals surface area contributed by atoms with Crippen LogP contribution in [-0.2, 0) is 26.2 Å². The molecule has 6 rings (SSSR count). The molecule has 0 aliphatic heterocycles. The molecular formula is C34H30Cl2Zr. The third kappa shape index (κ3) is 6.18. The van der Waals surface area contributed by atoms with Gasteiger partial charge in [-0.05, 0) is 13.8 Å². The Morgan fingerprint density at radius 3 is 1.11 bits per heavy atom. The van der Waals surface area contributed by atoms with E-state index in [1.54, 1.807) is 0 Å². The SMILES string of the molecule is Cc1ccccc1-c1[cH-]c2ccccc2c1C.Cc1ccccc1-c1[cH-]c2ccccc2c1C.[Cl-].[Cl-].[Zr+4]. The van der Waals surface area contributed by atoms with Crippen LogP contribution in [0, 0.1) is 27.7 Å². The van der Waals surface area contributed by atoms with E-state index in [4.69, 9.17) is 0 Å². The van der Waals surface area contributed by atoms with Crippen LogP contribution in [0.3, 0.4) is 0 Å². The monoisotopic (exact) mass is 598 g/mol. The van der Waals surface area contributed by atoms with E-state index in [0.717, 1.165) is 0 Å². The van der Waals surface area contributed by atoms with Crippen molar-refractivity contribution in [2.75, 3.05) is 0 Å². The number of fused-ring (bicyclic) bond motifs is 2. The summed E-state index contributed by atoms with van der Waals surface area (Å²) in [7, 11) is 0. The van der Waals surface area contributed by atoms with Crippen molar-refractivity contribution in [1.29, 1.82) is 0 Å². The van der Waals surface area contributed by atoms with Crippen molar-refractivity contribution in [2.45, 2.75) is 27.7 Å². The molecule has 0 aliphatic rings. The summed E-state index contributed by atoms with van der Waals surface area (Å²) in [5.41, 5.74) is 10.9. The maximum Gasteiger partial charge on any atom is 4.00 e. The van der Waals surface area contributed by atoms with Crippen molar-refractivity contribution >= 4 is 21.5 Å². The molecule has 0 radical (unpaired) electrons. The Morgan fingerprint density at radius 1 is 0.432 bits per heavy atom. The van der Waals surface area contributed by atoms with Crippen molar-refractivity contribution in [3.05, 3.63) is 131 Å². The van der Waals surface area contributed by atoms with Crippen molar-refractivity contribution in [2.24, 2.45) is 0 Å². The molecule has 0 bridgehead atoms. The second-order valence-corrected chi connectivity index (χ2v) is 9.17. The van der Waals surface area contributed by atoms with E-state index in [2.05, 4.69) is 137 Å². The van der Waals surface area contributed by atoms with E-state index >= 15 is 0 Å². The summed E-state index contributed by atoms with van der Waals surface area (Å²) in [4.78, 5) is 0. The maximum absolute atomic E-state index is 2.30. The van der Waals surface area contributed by atoms with Crippen LogP contribution in [0.25, 0.3) is 43.8 Å². The molecule has 0 saturated carbocycles. The number of halogens is 2. The average molecular weight is 601 g/mol. The molecule has 0 heterocycles. The number of hydrogen-bond acceptors (Lipinski definition) is 0. The van der Waals surface area contributed by atoms with Gasteiger partial charge in [-0.1, -0.05) is 121 Å². The van der Waals surface area contributed by atoms with Crippen LogP contribution in [0.5, 0.6) is 0 Å². The van der Waals surface area contributed by atoms with Crippen LogP contribution in [0.15, 0.2) is 109 Å². The van der Waals surface area contributed by atoms with E-state index in [9.17, 15) is 0 Å². The first-order valence-corrected chi connectivity index (χ1v) is 12.0. The Labute approximate surface area is 252 Å². The molecule has 184 valence electrons. The molecule has 0 N–H and O–H groups in total. The zero-order valence-electron chi connectivity index (χ0n) is 21.6. The summed E-state index contributed by atoms with van der Waals surface area (Å²) in [6.45, 7) is 8.77. The summed E-state index contributed by atoms with van der Waals surface area (Å²) in [5.74, 6) is 0. The largest absolute Gasteiger partial charge is 4.00 e. The van der Waals surface area contributed by atoms with Gasteiger partial charge in [-0.15, -0.1) is 68.1 Å². The summed E-state index contributed by atoms with van der Waals surface area (Å²) in [6.07, 6.45) is 0. The molecular weight excluding hydrogens is 571 g/mol. The fraction of sp³-hybridized carbons (Fsp3) is 0.118. The first-order chi connectivity index (χ1) is 16.5. The summed E-state index contributed by atoms with van der Waals surface area (Å²) in [5, 5.41) is 5.41. The van der Waals surface area contributed by atoms with Gasteiger partial charge in [0, 0.05) is 0 Å². The second kappa shape index (κ2) is 13.4. The molecule has 0 atom stereocenters. The van der Waals surface area contributed by atoms with Gasteiger partial charge < -0.3 is 24.8 Å². The van der Waals surface area contributed by atoms with Gasteiger partial charge in [-0.25, -0.2) is 0 Å². The molecule has 3 heteroatoms. The maximum atomic E-state index is 2.30. The minimum atomic E-state index is 0. The Balaban J connectivity index is 0.000000241. The summed E-state index contributed by atoms with van der Waals surface area (Å²) in [6, 6.07) is 39.0. The molecule has 0 saturated heterocycles. The van der Waals surface area contributed by atoms with E-state index in [1.807, 2.05) is 0 Å². The number of rotatable bonds is 2. The van der Waals surface area contributed by atoms with Gasteiger partial charge in [0.15, 0.2) is 0 Å². The van der Waals surface area contributed by atoms with Crippen LogP contribution >= 0.6 is 0 Å². The molecule has 0 aromatic heterocycles. The molecule has 6 aromatic carbocycles. The standard InChI is InChI=1S/2C17H15.2ClH.Zr/c2*1-12-7-3-5-9-15(12)17-11-14-8-4-6-10-16(14)13(17)2;;;/h2*3-11H,1-2H3;2*1H;/q2*-1;;;+4/p-2. The number of aryl methyl sites for hydroxylation is 4. The van der Waals surface area contributed by atoms with Crippen LogP contribution in [-0.4, -0.2) is 0 Å². The quantitative estimate of drug-likeness (QED) is 0.266. The van der Waals surface area contributed by atoms with E-state index in [-0.39, 0.29) is 51.0 Å². The minimum Gasteiger partial charge on any atom is -1.00 e. The average Bonchev–Trinajstić information content (AvgIpc) is 3.37. The molecule has 0 amide bonds. The minimum absolute atomic E-state index is 0. The van der Waals surface area contributed by atoms with Gasteiger partial charge in [-0.3, -0.25) is 0 Å². The summed E-state index contributed by atoms with van der Waals surface area (Å²) < 4.78 is 0. The molecule has 0 fully saturated rings. The Kier molecular flexibility index (Phi) is 11.1. The molecule has 0 unspecified atom stereocenters. The Bertz CT molecular complexity index is 1480. The zero-order chi connectivity index (χ0) is 23.7. The van der Waals surface area contributed by atoms with Crippen molar-refractivity contribution < 1.29 is 51.0 Å². The predicted molar refractivity (Wildman–Crippen MR) is 149 cm³/mol. The molecule has 0 nitrogen and oxygen atoms in total. The third-order valence-corrected chi connectivity index (χ3v) is 7.01. The van der Waals surface area contributed by atoms with Crippen LogP contribution in [0.4, 0.5) is 0 Å². The Hall–Kier alpha value is -2.44. The fourth-order valence-electron chi connectivity index (χ4n) is 5.06. The molecule has 6 aromatic rings. The third-order valence-electron chi connectivity index (χ3n) is 7.01. The van der Waals surface area contributed by atoms with Crippen molar-refractivity contribution in [3.8, 4) is 22.3 Å². The molecule has 0 aliphatic carbocycles. The van der Waals surface area contributed by atoms with Gasteiger partial charge in [0.1, 0.15) is 0 Å². The van der Waals surface area contributed by atoms with Gasteiger partial charge in [0.05, 0.1) is 0 Å². The smallest absolute Gasteiger partial charge is 1.00 e. The first kappa shape index (κ1) is 30.8. The summed E-state index contributed by atoms with van der Waals surface area (Å²) >= 11 is 0. The predicted octanol–water partition coefficient (Wildman–Crippen LogP) is 3.69.